The van der Waals surface area contributed by atoms with Gasteiger partial charge in [-0.1, -0.05) is 23.4 Å². The summed E-state index contributed by atoms with van der Waals surface area (Å²) in [5, 5.41) is 22.5. The standard InChI is InChI=1S/C14H13N5O2/c1-2-15-11-7-5-9-13(14(11)19(20)21)18-12-8-4-3-6-10(12)16-17-18/h3-9,15H,2H2,1H3. The Hall–Kier alpha value is -2.96. The number of hydrogen-bond donors (Lipinski definition) is 1. The van der Waals surface area contributed by atoms with Gasteiger partial charge in [-0.05, 0) is 31.2 Å². The summed E-state index contributed by atoms with van der Waals surface area (Å²) >= 11 is 0. The molecule has 1 N–H and O–H groups in total. The van der Waals surface area contributed by atoms with Gasteiger partial charge in [0.2, 0.25) is 0 Å². The van der Waals surface area contributed by atoms with Gasteiger partial charge in [0, 0.05) is 6.54 Å². The Balaban J connectivity index is 2.27. The maximum atomic E-state index is 11.5. The van der Waals surface area contributed by atoms with Crippen LogP contribution in [0.1, 0.15) is 6.92 Å². The average Bonchev–Trinajstić information content (AvgIpc) is 2.91. The monoisotopic (exact) mass is 283 g/mol. The van der Waals surface area contributed by atoms with E-state index in [1.807, 2.05) is 31.2 Å². The summed E-state index contributed by atoms with van der Waals surface area (Å²) in [6, 6.07) is 12.5. The number of benzene rings is 2. The predicted octanol–water partition coefficient (Wildman–Crippen LogP) is 2.76. The SMILES string of the molecule is CCNc1cccc(-n2nnc3ccccc32)c1[N+](=O)[O-]. The van der Waals surface area contributed by atoms with Gasteiger partial charge in [0.15, 0.2) is 0 Å². The number of para-hydroxylation sites is 2. The Morgan fingerprint density at radius 1 is 1.24 bits per heavy atom. The van der Waals surface area contributed by atoms with Crippen molar-refractivity contribution >= 4 is 22.4 Å². The Labute approximate surface area is 120 Å². The number of nitrogens with zero attached hydrogens (tertiary/aromatic N) is 4. The third-order valence-electron chi connectivity index (χ3n) is 3.14. The minimum absolute atomic E-state index is 0.00463. The van der Waals surface area contributed by atoms with E-state index in [0.717, 1.165) is 5.52 Å². The minimum Gasteiger partial charge on any atom is -0.380 e. The van der Waals surface area contributed by atoms with Gasteiger partial charge in [-0.15, -0.1) is 5.10 Å². The van der Waals surface area contributed by atoms with Crippen molar-refractivity contribution in [3.05, 3.63) is 52.6 Å². The maximum Gasteiger partial charge on any atom is 0.317 e. The Morgan fingerprint density at radius 3 is 2.81 bits per heavy atom. The first-order chi connectivity index (χ1) is 10.2. The summed E-state index contributed by atoms with van der Waals surface area (Å²) in [6.07, 6.45) is 0. The summed E-state index contributed by atoms with van der Waals surface area (Å²) in [4.78, 5) is 11.1. The molecule has 106 valence electrons. The number of anilines is 1. The molecule has 0 atom stereocenters. The first kappa shape index (κ1) is 13.0. The molecule has 1 aromatic heterocycles. The lowest BCUT2D eigenvalue weighted by atomic mass is 10.2. The number of fused-ring (bicyclic) bond motifs is 1. The molecule has 0 aliphatic rings. The summed E-state index contributed by atoms with van der Waals surface area (Å²) in [5.41, 5.74) is 2.29. The van der Waals surface area contributed by atoms with E-state index < -0.39 is 4.92 Å². The Bertz CT molecular complexity index is 812. The van der Waals surface area contributed by atoms with Gasteiger partial charge >= 0.3 is 5.69 Å². The van der Waals surface area contributed by atoms with Crippen LogP contribution in [-0.4, -0.2) is 26.5 Å². The average molecular weight is 283 g/mol. The van der Waals surface area contributed by atoms with Crippen LogP contribution in [0.25, 0.3) is 16.7 Å². The number of nitro groups is 1. The fraction of sp³-hybridized carbons (Fsp3) is 0.143. The van der Waals surface area contributed by atoms with Crippen LogP contribution in [-0.2, 0) is 0 Å². The van der Waals surface area contributed by atoms with Gasteiger partial charge in [0.25, 0.3) is 0 Å². The molecule has 3 aromatic rings. The molecule has 0 unspecified atom stereocenters. The van der Waals surface area contributed by atoms with E-state index in [0.29, 0.717) is 23.4 Å². The van der Waals surface area contributed by atoms with E-state index in [2.05, 4.69) is 15.6 Å². The molecular weight excluding hydrogens is 270 g/mol. The molecular formula is C14H13N5O2. The van der Waals surface area contributed by atoms with Crippen molar-refractivity contribution in [2.24, 2.45) is 0 Å². The lowest BCUT2D eigenvalue weighted by Crippen LogP contribution is -2.06. The van der Waals surface area contributed by atoms with Crippen molar-refractivity contribution in [2.75, 3.05) is 11.9 Å². The second-order valence-electron chi connectivity index (χ2n) is 4.45. The van der Waals surface area contributed by atoms with Crippen molar-refractivity contribution in [3.63, 3.8) is 0 Å². The molecule has 2 aromatic carbocycles. The molecule has 7 heteroatoms. The molecule has 7 nitrogen and oxygen atoms in total. The zero-order chi connectivity index (χ0) is 14.8. The fourth-order valence-electron chi connectivity index (χ4n) is 2.27. The van der Waals surface area contributed by atoms with Crippen molar-refractivity contribution < 1.29 is 4.92 Å². The van der Waals surface area contributed by atoms with Crippen LogP contribution in [0.5, 0.6) is 0 Å². The molecule has 0 bridgehead atoms. The topological polar surface area (TPSA) is 85.9 Å². The third kappa shape index (κ3) is 2.18. The van der Waals surface area contributed by atoms with E-state index >= 15 is 0 Å². The number of nitrogens with one attached hydrogen (secondary N) is 1. The van der Waals surface area contributed by atoms with Crippen LogP contribution in [0.3, 0.4) is 0 Å². The van der Waals surface area contributed by atoms with Gasteiger partial charge in [-0.2, -0.15) is 0 Å². The highest BCUT2D eigenvalue weighted by Crippen LogP contribution is 2.32. The maximum absolute atomic E-state index is 11.5. The van der Waals surface area contributed by atoms with Crippen LogP contribution in [0, 0.1) is 10.1 Å². The quantitative estimate of drug-likeness (QED) is 0.587. The molecule has 0 fully saturated rings. The summed E-state index contributed by atoms with van der Waals surface area (Å²) in [5.74, 6) is 0. The van der Waals surface area contributed by atoms with Crippen LogP contribution in [0.2, 0.25) is 0 Å². The van der Waals surface area contributed by atoms with E-state index in [4.69, 9.17) is 0 Å². The van der Waals surface area contributed by atoms with E-state index in [-0.39, 0.29) is 5.69 Å². The van der Waals surface area contributed by atoms with E-state index in [1.54, 1.807) is 18.2 Å². The highest BCUT2D eigenvalue weighted by atomic mass is 16.6. The highest BCUT2D eigenvalue weighted by Gasteiger charge is 2.22. The van der Waals surface area contributed by atoms with Gasteiger partial charge in [0.1, 0.15) is 16.9 Å². The van der Waals surface area contributed by atoms with Crippen LogP contribution < -0.4 is 5.32 Å². The molecule has 0 aliphatic heterocycles. The van der Waals surface area contributed by atoms with E-state index in [9.17, 15) is 10.1 Å². The third-order valence-corrected chi connectivity index (χ3v) is 3.14. The van der Waals surface area contributed by atoms with Crippen molar-refractivity contribution in [1.29, 1.82) is 0 Å². The van der Waals surface area contributed by atoms with Gasteiger partial charge in [-0.25, -0.2) is 4.68 Å². The summed E-state index contributed by atoms with van der Waals surface area (Å²) < 4.78 is 1.49. The molecule has 0 radical (unpaired) electrons. The molecule has 3 rings (SSSR count). The number of aromatic nitrogens is 3. The molecule has 21 heavy (non-hydrogen) atoms. The fourth-order valence-corrected chi connectivity index (χ4v) is 2.27. The second kappa shape index (κ2) is 5.20. The van der Waals surface area contributed by atoms with Gasteiger partial charge < -0.3 is 5.32 Å². The molecule has 0 aliphatic carbocycles. The largest absolute Gasteiger partial charge is 0.380 e. The summed E-state index contributed by atoms with van der Waals surface area (Å²) in [6.45, 7) is 2.49. The molecule has 1 heterocycles. The van der Waals surface area contributed by atoms with Crippen LogP contribution >= 0.6 is 0 Å². The normalized spacial score (nSPS) is 10.7. The Kier molecular flexibility index (Phi) is 3.23. The number of nitro benzene ring substituents is 1. The van der Waals surface area contributed by atoms with Crippen LogP contribution in [0.15, 0.2) is 42.5 Å². The molecule has 0 amide bonds. The zero-order valence-electron chi connectivity index (χ0n) is 11.4. The molecule has 0 saturated carbocycles. The van der Waals surface area contributed by atoms with Gasteiger partial charge in [0.05, 0.1) is 10.4 Å². The number of rotatable bonds is 4. The Morgan fingerprint density at radius 2 is 2.05 bits per heavy atom. The predicted molar refractivity (Wildman–Crippen MR) is 79.7 cm³/mol. The molecule has 0 spiro atoms. The first-order valence-electron chi connectivity index (χ1n) is 6.54. The second-order valence-corrected chi connectivity index (χ2v) is 4.45. The highest BCUT2D eigenvalue weighted by molar-refractivity contribution is 5.79. The zero-order valence-corrected chi connectivity index (χ0v) is 11.4. The smallest absolute Gasteiger partial charge is 0.317 e. The van der Waals surface area contributed by atoms with Crippen molar-refractivity contribution in [3.8, 4) is 5.69 Å². The first-order valence-corrected chi connectivity index (χ1v) is 6.54. The summed E-state index contributed by atoms with van der Waals surface area (Å²) in [7, 11) is 0. The number of hydrogen-bond acceptors (Lipinski definition) is 5. The lowest BCUT2D eigenvalue weighted by Gasteiger charge is -2.08. The van der Waals surface area contributed by atoms with Gasteiger partial charge in [-0.3, -0.25) is 10.1 Å². The van der Waals surface area contributed by atoms with E-state index in [1.165, 1.54) is 4.68 Å². The minimum atomic E-state index is -0.399. The molecule has 0 saturated heterocycles. The van der Waals surface area contributed by atoms with Crippen molar-refractivity contribution in [1.82, 2.24) is 15.0 Å². The van der Waals surface area contributed by atoms with Crippen LogP contribution in [0.4, 0.5) is 11.4 Å². The lowest BCUT2D eigenvalue weighted by molar-refractivity contribution is -0.383. The van der Waals surface area contributed by atoms with Crippen molar-refractivity contribution in [2.45, 2.75) is 6.92 Å².